The Morgan fingerprint density at radius 2 is 1.93 bits per heavy atom. The van der Waals surface area contributed by atoms with Gasteiger partial charge in [-0.15, -0.1) is 10.2 Å². The average molecular weight is 385 g/mol. The molecule has 27 heavy (non-hydrogen) atoms. The molecule has 0 fully saturated rings. The van der Waals surface area contributed by atoms with Crippen molar-refractivity contribution in [3.05, 3.63) is 65.0 Å². The van der Waals surface area contributed by atoms with Crippen molar-refractivity contribution in [3.8, 4) is 11.5 Å². The molecule has 0 aliphatic carbocycles. The molecule has 0 bridgehead atoms. The van der Waals surface area contributed by atoms with E-state index in [1.165, 1.54) is 28.3 Å². The lowest BCUT2D eigenvalue weighted by atomic mass is 10.1. The number of carbonyl (C=O) groups excluding carboxylic acids is 1. The zero-order chi connectivity index (χ0) is 19.4. The summed E-state index contributed by atoms with van der Waals surface area (Å²) in [6, 6.07) is 12.3. The highest BCUT2D eigenvalue weighted by atomic mass is 32.2. The van der Waals surface area contributed by atoms with Crippen LogP contribution < -0.4 is 0 Å². The van der Waals surface area contributed by atoms with Crippen molar-refractivity contribution in [1.82, 2.24) is 15.1 Å². The maximum absolute atomic E-state index is 13.7. The molecule has 0 aliphatic rings. The third-order valence-corrected chi connectivity index (χ3v) is 5.07. The van der Waals surface area contributed by atoms with Crippen LogP contribution in [0.15, 0.2) is 52.1 Å². The molecule has 0 unspecified atom stereocenters. The molecule has 0 N–H and O–H groups in total. The molecule has 0 atom stereocenters. The Labute approximate surface area is 161 Å². The van der Waals surface area contributed by atoms with E-state index in [1.54, 1.807) is 25.2 Å². The van der Waals surface area contributed by atoms with E-state index in [0.29, 0.717) is 16.7 Å². The van der Waals surface area contributed by atoms with Gasteiger partial charge in [-0.1, -0.05) is 36.0 Å². The summed E-state index contributed by atoms with van der Waals surface area (Å²) >= 11 is 1.17. The lowest BCUT2D eigenvalue weighted by molar-refractivity contribution is -0.127. The molecule has 2 aromatic carbocycles. The van der Waals surface area contributed by atoms with Gasteiger partial charge in [0.25, 0.3) is 5.22 Å². The number of rotatable bonds is 6. The second-order valence-electron chi connectivity index (χ2n) is 6.30. The van der Waals surface area contributed by atoms with Crippen molar-refractivity contribution in [2.75, 3.05) is 12.8 Å². The van der Waals surface area contributed by atoms with E-state index in [-0.39, 0.29) is 24.0 Å². The third kappa shape index (κ3) is 4.74. The van der Waals surface area contributed by atoms with Crippen LogP contribution in [0.1, 0.15) is 16.7 Å². The number of hydrogen-bond donors (Lipinski definition) is 0. The second kappa shape index (κ2) is 8.35. The number of nitrogens with zero attached hydrogens (tertiary/aromatic N) is 3. The number of carbonyl (C=O) groups is 1. The highest BCUT2D eigenvalue weighted by molar-refractivity contribution is 7.99. The molecule has 7 heteroatoms. The third-order valence-electron chi connectivity index (χ3n) is 4.27. The molecule has 1 aromatic heterocycles. The Morgan fingerprint density at radius 1 is 1.15 bits per heavy atom. The number of benzene rings is 2. The number of aromatic nitrogens is 2. The largest absolute Gasteiger partial charge is 0.411 e. The minimum Gasteiger partial charge on any atom is -0.411 e. The van der Waals surface area contributed by atoms with E-state index in [1.807, 2.05) is 32.0 Å². The van der Waals surface area contributed by atoms with Crippen LogP contribution in [-0.2, 0) is 11.3 Å². The maximum Gasteiger partial charge on any atom is 0.277 e. The van der Waals surface area contributed by atoms with Crippen molar-refractivity contribution in [3.63, 3.8) is 0 Å². The van der Waals surface area contributed by atoms with Crippen molar-refractivity contribution >= 4 is 17.7 Å². The van der Waals surface area contributed by atoms with E-state index < -0.39 is 0 Å². The van der Waals surface area contributed by atoms with Crippen LogP contribution in [0.3, 0.4) is 0 Å². The van der Waals surface area contributed by atoms with Gasteiger partial charge in [0, 0.05) is 24.7 Å². The molecule has 3 rings (SSSR count). The van der Waals surface area contributed by atoms with Crippen LogP contribution in [0, 0.1) is 19.7 Å². The van der Waals surface area contributed by atoms with E-state index in [4.69, 9.17) is 4.42 Å². The lowest BCUT2D eigenvalue weighted by Gasteiger charge is -2.16. The topological polar surface area (TPSA) is 59.2 Å². The van der Waals surface area contributed by atoms with Gasteiger partial charge in [-0.05, 0) is 43.2 Å². The van der Waals surface area contributed by atoms with Gasteiger partial charge in [0.1, 0.15) is 5.82 Å². The average Bonchev–Trinajstić information content (AvgIpc) is 3.13. The summed E-state index contributed by atoms with van der Waals surface area (Å²) in [7, 11) is 1.64. The fourth-order valence-corrected chi connectivity index (χ4v) is 3.17. The molecule has 3 aromatic rings. The molecule has 5 nitrogen and oxygen atoms in total. The zero-order valence-corrected chi connectivity index (χ0v) is 16.2. The Morgan fingerprint density at radius 3 is 2.67 bits per heavy atom. The summed E-state index contributed by atoms with van der Waals surface area (Å²) in [6.45, 7) is 4.27. The first kappa shape index (κ1) is 19.1. The number of thioether (sulfide) groups is 1. The number of aryl methyl sites for hydroxylation is 2. The SMILES string of the molecule is Cc1ccc(-c2nnc(SCC(=O)N(C)Cc3ccccc3F)o2)cc1C. The van der Waals surface area contributed by atoms with E-state index in [2.05, 4.69) is 10.2 Å². The molecule has 1 amide bonds. The smallest absolute Gasteiger partial charge is 0.277 e. The van der Waals surface area contributed by atoms with Crippen molar-refractivity contribution in [2.24, 2.45) is 0 Å². The van der Waals surface area contributed by atoms with Crippen LogP contribution >= 0.6 is 11.8 Å². The standard InChI is InChI=1S/C20H20FN3O2S/c1-13-8-9-15(10-14(13)2)19-22-23-20(26-19)27-12-18(25)24(3)11-16-6-4-5-7-17(16)21/h4-10H,11-12H2,1-3H3. The summed E-state index contributed by atoms with van der Waals surface area (Å²) in [5, 5.41) is 8.37. The van der Waals surface area contributed by atoms with E-state index >= 15 is 0 Å². The first-order valence-electron chi connectivity index (χ1n) is 8.45. The Hall–Kier alpha value is -2.67. The molecular weight excluding hydrogens is 365 g/mol. The molecular formula is C20H20FN3O2S. The predicted molar refractivity (Wildman–Crippen MR) is 103 cm³/mol. The highest BCUT2D eigenvalue weighted by Crippen LogP contribution is 2.25. The van der Waals surface area contributed by atoms with Gasteiger partial charge in [0.05, 0.1) is 5.75 Å². The summed E-state index contributed by atoms with van der Waals surface area (Å²) in [5.74, 6) is 0.0983. The minimum absolute atomic E-state index is 0.138. The van der Waals surface area contributed by atoms with Gasteiger partial charge in [0.2, 0.25) is 11.8 Å². The van der Waals surface area contributed by atoms with Gasteiger partial charge >= 0.3 is 0 Å². The monoisotopic (exact) mass is 385 g/mol. The van der Waals surface area contributed by atoms with Gasteiger partial charge in [-0.3, -0.25) is 4.79 Å². The summed E-state index contributed by atoms with van der Waals surface area (Å²) < 4.78 is 19.3. The normalized spacial score (nSPS) is 10.8. The highest BCUT2D eigenvalue weighted by Gasteiger charge is 2.15. The number of amides is 1. The fraction of sp³-hybridized carbons (Fsp3) is 0.250. The second-order valence-corrected chi connectivity index (χ2v) is 7.23. The first-order valence-corrected chi connectivity index (χ1v) is 9.44. The molecule has 0 saturated heterocycles. The van der Waals surface area contributed by atoms with Crippen LogP contribution in [0.4, 0.5) is 4.39 Å². The van der Waals surface area contributed by atoms with Gasteiger partial charge < -0.3 is 9.32 Å². The molecule has 140 valence electrons. The number of hydrogen-bond acceptors (Lipinski definition) is 5. The van der Waals surface area contributed by atoms with E-state index in [0.717, 1.165) is 11.1 Å². The zero-order valence-electron chi connectivity index (χ0n) is 15.4. The lowest BCUT2D eigenvalue weighted by Crippen LogP contribution is -2.28. The van der Waals surface area contributed by atoms with Crippen LogP contribution in [0.25, 0.3) is 11.5 Å². The van der Waals surface area contributed by atoms with Gasteiger partial charge in [-0.2, -0.15) is 0 Å². The Kier molecular flexibility index (Phi) is 5.91. The summed E-state index contributed by atoms with van der Waals surface area (Å²) in [4.78, 5) is 13.8. The molecule has 0 radical (unpaired) electrons. The minimum atomic E-state index is -0.320. The van der Waals surface area contributed by atoms with Gasteiger partial charge in [0.15, 0.2) is 0 Å². The fourth-order valence-electron chi connectivity index (χ4n) is 2.46. The number of halogens is 1. The predicted octanol–water partition coefficient (Wildman–Crippen LogP) is 4.24. The first-order chi connectivity index (χ1) is 12.9. The Balaban J connectivity index is 1.58. The summed E-state index contributed by atoms with van der Waals surface area (Å²) in [6.07, 6.45) is 0. The molecule has 0 spiro atoms. The van der Waals surface area contributed by atoms with Crippen LogP contribution in [0.2, 0.25) is 0 Å². The maximum atomic E-state index is 13.7. The van der Waals surface area contributed by atoms with Crippen molar-refractivity contribution in [2.45, 2.75) is 25.6 Å². The van der Waals surface area contributed by atoms with E-state index in [9.17, 15) is 9.18 Å². The molecule has 0 aliphatic heterocycles. The van der Waals surface area contributed by atoms with Gasteiger partial charge in [-0.25, -0.2) is 4.39 Å². The quantitative estimate of drug-likeness (QED) is 0.594. The molecule has 0 saturated carbocycles. The van der Waals surface area contributed by atoms with Crippen LogP contribution in [0.5, 0.6) is 0 Å². The van der Waals surface area contributed by atoms with Crippen LogP contribution in [-0.4, -0.2) is 33.8 Å². The Bertz CT molecular complexity index is 958. The molecule has 1 heterocycles. The van der Waals surface area contributed by atoms with Crippen molar-refractivity contribution < 1.29 is 13.6 Å². The van der Waals surface area contributed by atoms with Crippen molar-refractivity contribution in [1.29, 1.82) is 0 Å². The summed E-state index contributed by atoms with van der Waals surface area (Å²) in [5.41, 5.74) is 3.66.